The number of aromatic nitrogens is 4. The Hall–Kier alpha value is -1.58. The first-order valence-electron chi connectivity index (χ1n) is 5.77. The van der Waals surface area contributed by atoms with Gasteiger partial charge in [-0.3, -0.25) is 9.78 Å². The minimum Gasteiger partial charge on any atom is -0.395 e. The lowest BCUT2D eigenvalue weighted by atomic mass is 10.2. The number of H-pyrrole nitrogens is 1. The lowest BCUT2D eigenvalue weighted by Crippen LogP contribution is -2.20. The topological polar surface area (TPSA) is 130 Å². The highest BCUT2D eigenvalue weighted by Gasteiger charge is 2.35. The molecule has 3 atom stereocenters. The summed E-state index contributed by atoms with van der Waals surface area (Å²) in [6.07, 6.45) is 1.39. The zero-order valence-corrected chi connectivity index (χ0v) is 10.7. The fourth-order valence-corrected chi connectivity index (χ4v) is 3.58. The zero-order valence-electron chi connectivity index (χ0n) is 9.85. The molecule has 0 aliphatic carbocycles. The van der Waals surface area contributed by atoms with E-state index < -0.39 is 6.10 Å². The third-order valence-electron chi connectivity index (χ3n) is 3.15. The molecule has 2 aromatic heterocycles. The second-order valence-corrected chi connectivity index (χ2v) is 5.81. The first-order chi connectivity index (χ1) is 9.10. The van der Waals surface area contributed by atoms with Gasteiger partial charge in [0.1, 0.15) is 0 Å². The third kappa shape index (κ3) is 1.99. The van der Waals surface area contributed by atoms with Crippen LogP contribution in [0.1, 0.15) is 11.8 Å². The van der Waals surface area contributed by atoms with E-state index >= 15 is 0 Å². The number of hydrogen-bond acceptors (Lipinski definition) is 7. The number of nitrogens with two attached hydrogens (primary N) is 1. The number of hydrogen-bond donors (Lipinski definition) is 4. The molecule has 19 heavy (non-hydrogen) atoms. The maximum absolute atomic E-state index is 11.7. The monoisotopic (exact) mass is 283 g/mol. The molecule has 0 amide bonds. The third-order valence-corrected chi connectivity index (χ3v) is 4.69. The Morgan fingerprint density at radius 2 is 2.42 bits per heavy atom. The van der Waals surface area contributed by atoms with Crippen LogP contribution in [0.5, 0.6) is 0 Å². The quantitative estimate of drug-likeness (QED) is 0.559. The van der Waals surface area contributed by atoms with Crippen LogP contribution < -0.4 is 11.3 Å². The number of anilines is 1. The van der Waals surface area contributed by atoms with E-state index in [1.165, 1.54) is 18.1 Å². The van der Waals surface area contributed by atoms with Crippen LogP contribution >= 0.6 is 11.8 Å². The number of aromatic amines is 1. The number of rotatable bonds is 2. The van der Waals surface area contributed by atoms with Crippen LogP contribution in [-0.4, -0.2) is 47.7 Å². The molecule has 0 saturated carbocycles. The van der Waals surface area contributed by atoms with Crippen LogP contribution in [0.3, 0.4) is 0 Å². The van der Waals surface area contributed by atoms with Gasteiger partial charge in [0.25, 0.3) is 5.56 Å². The van der Waals surface area contributed by atoms with Gasteiger partial charge in [-0.05, 0) is 0 Å². The Morgan fingerprint density at radius 1 is 1.63 bits per heavy atom. The highest BCUT2D eigenvalue weighted by molar-refractivity contribution is 8.00. The van der Waals surface area contributed by atoms with Crippen molar-refractivity contribution < 1.29 is 10.2 Å². The normalized spacial score (nSPS) is 27.2. The summed E-state index contributed by atoms with van der Waals surface area (Å²) < 4.78 is 1.71. The molecule has 9 heteroatoms. The molecule has 8 nitrogen and oxygen atoms in total. The molecule has 2 aromatic rings. The molecule has 0 radical (unpaired) electrons. The number of nitrogens with zero attached hydrogens (tertiary/aromatic N) is 3. The molecule has 1 aliphatic heterocycles. The predicted octanol–water partition coefficient (Wildman–Crippen LogP) is -0.941. The molecule has 102 valence electrons. The van der Waals surface area contributed by atoms with Crippen molar-refractivity contribution in [3.05, 3.63) is 16.7 Å². The second-order valence-electron chi connectivity index (χ2n) is 4.39. The van der Waals surface area contributed by atoms with Crippen molar-refractivity contribution in [3.63, 3.8) is 0 Å². The first-order valence-corrected chi connectivity index (χ1v) is 6.71. The van der Waals surface area contributed by atoms with E-state index in [1.807, 2.05) is 0 Å². The molecule has 1 fully saturated rings. The molecule has 0 bridgehead atoms. The van der Waals surface area contributed by atoms with Gasteiger partial charge in [-0.1, -0.05) is 0 Å². The average molecular weight is 283 g/mol. The van der Waals surface area contributed by atoms with Gasteiger partial charge in [-0.2, -0.15) is 4.98 Å². The Labute approximate surface area is 111 Å². The standard InChI is InChI=1S/C10H13N5O3S/c11-10-13-8-7(9(18)14-10)12-3-15(8)6-1-4(17)5(2-16)19-6/h3-6,16-17H,1-2H2,(H3,11,13,14,18)/t4?,5-,6-/m1/s1. The summed E-state index contributed by atoms with van der Waals surface area (Å²) >= 11 is 1.43. The van der Waals surface area contributed by atoms with Crippen molar-refractivity contribution in [1.29, 1.82) is 0 Å². The van der Waals surface area contributed by atoms with E-state index in [9.17, 15) is 9.90 Å². The summed E-state index contributed by atoms with van der Waals surface area (Å²) in [7, 11) is 0. The summed E-state index contributed by atoms with van der Waals surface area (Å²) in [4.78, 5) is 22.2. The lowest BCUT2D eigenvalue weighted by molar-refractivity contribution is 0.138. The largest absolute Gasteiger partial charge is 0.395 e. The molecule has 1 unspecified atom stereocenters. The zero-order chi connectivity index (χ0) is 13.6. The number of nitrogens with one attached hydrogen (secondary N) is 1. The highest BCUT2D eigenvalue weighted by Crippen LogP contribution is 2.42. The van der Waals surface area contributed by atoms with E-state index in [2.05, 4.69) is 15.0 Å². The van der Waals surface area contributed by atoms with E-state index in [1.54, 1.807) is 4.57 Å². The van der Waals surface area contributed by atoms with E-state index in [0.717, 1.165) is 0 Å². The number of thioether (sulfide) groups is 1. The van der Waals surface area contributed by atoms with Gasteiger partial charge in [0, 0.05) is 6.42 Å². The van der Waals surface area contributed by atoms with Crippen LogP contribution in [0.4, 0.5) is 5.95 Å². The van der Waals surface area contributed by atoms with Gasteiger partial charge in [0.05, 0.1) is 29.7 Å². The van der Waals surface area contributed by atoms with E-state index in [-0.39, 0.29) is 34.3 Å². The van der Waals surface area contributed by atoms with Gasteiger partial charge in [0.2, 0.25) is 5.95 Å². The van der Waals surface area contributed by atoms with Gasteiger partial charge in [-0.15, -0.1) is 11.8 Å². The van der Waals surface area contributed by atoms with Gasteiger partial charge < -0.3 is 20.5 Å². The Balaban J connectivity index is 2.05. The average Bonchev–Trinajstić information content (AvgIpc) is 2.92. The number of fused-ring (bicyclic) bond motifs is 1. The molecule has 5 N–H and O–H groups in total. The predicted molar refractivity (Wildman–Crippen MR) is 70.7 cm³/mol. The van der Waals surface area contributed by atoms with Crippen molar-refractivity contribution in [2.75, 3.05) is 12.3 Å². The molecule has 3 rings (SSSR count). The Morgan fingerprint density at radius 3 is 3.11 bits per heavy atom. The summed E-state index contributed by atoms with van der Waals surface area (Å²) in [6, 6.07) is 0. The van der Waals surface area contributed by atoms with Crippen LogP contribution in [0.15, 0.2) is 11.1 Å². The molecular formula is C10H13N5O3S. The SMILES string of the molecule is Nc1nc2c(ncn2[C@H]2CC(O)[C@@H](CO)S2)c(=O)[nH]1. The summed E-state index contributed by atoms with van der Waals surface area (Å²) in [6.45, 7) is -0.0921. The van der Waals surface area contributed by atoms with Crippen molar-refractivity contribution in [2.45, 2.75) is 23.1 Å². The minimum absolute atomic E-state index is 0.0292. The Kier molecular flexibility index (Phi) is 2.96. The van der Waals surface area contributed by atoms with Crippen LogP contribution in [0, 0.1) is 0 Å². The maximum atomic E-state index is 11.7. The van der Waals surface area contributed by atoms with Crippen LogP contribution in [0.2, 0.25) is 0 Å². The second kappa shape index (κ2) is 4.51. The van der Waals surface area contributed by atoms with Gasteiger partial charge >= 0.3 is 0 Å². The van der Waals surface area contributed by atoms with Crippen molar-refractivity contribution in [2.24, 2.45) is 0 Å². The number of nitrogen functional groups attached to an aromatic ring is 1. The minimum atomic E-state index is -0.586. The molecule has 3 heterocycles. The molecule has 0 spiro atoms. The van der Waals surface area contributed by atoms with E-state index in [4.69, 9.17) is 10.8 Å². The van der Waals surface area contributed by atoms with Gasteiger partial charge in [0.15, 0.2) is 11.2 Å². The van der Waals surface area contributed by atoms with Crippen LogP contribution in [-0.2, 0) is 0 Å². The summed E-state index contributed by atoms with van der Waals surface area (Å²) in [5.41, 5.74) is 5.75. The van der Waals surface area contributed by atoms with Gasteiger partial charge in [-0.25, -0.2) is 4.98 Å². The fourth-order valence-electron chi connectivity index (χ4n) is 2.20. The summed E-state index contributed by atoms with van der Waals surface area (Å²) in [5, 5.41) is 18.6. The molecule has 0 aromatic carbocycles. The summed E-state index contributed by atoms with van der Waals surface area (Å²) in [5.74, 6) is 0.0292. The first kappa shape index (κ1) is 12.5. The molecule has 1 saturated heterocycles. The Bertz CT molecular complexity index is 669. The molecular weight excluding hydrogens is 270 g/mol. The molecule has 1 aliphatic rings. The number of imidazole rings is 1. The van der Waals surface area contributed by atoms with Crippen molar-refractivity contribution >= 4 is 28.9 Å². The lowest BCUT2D eigenvalue weighted by Gasteiger charge is -2.11. The van der Waals surface area contributed by atoms with Crippen molar-refractivity contribution in [3.8, 4) is 0 Å². The van der Waals surface area contributed by atoms with E-state index in [0.29, 0.717) is 12.1 Å². The van der Waals surface area contributed by atoms with Crippen LogP contribution in [0.25, 0.3) is 11.2 Å². The fraction of sp³-hybridized carbons (Fsp3) is 0.500. The smallest absolute Gasteiger partial charge is 0.280 e. The maximum Gasteiger partial charge on any atom is 0.280 e. The number of aliphatic hydroxyl groups excluding tert-OH is 2. The number of aliphatic hydroxyl groups is 2. The highest BCUT2D eigenvalue weighted by atomic mass is 32.2. The van der Waals surface area contributed by atoms with Crippen molar-refractivity contribution in [1.82, 2.24) is 19.5 Å².